The SMILES string of the molecule is CCSc1ccccc1NCc1cccc(OC)c1. The quantitative estimate of drug-likeness (QED) is 0.787. The highest BCUT2D eigenvalue weighted by Gasteiger charge is 2.01. The van der Waals surface area contributed by atoms with Gasteiger partial charge in [-0.1, -0.05) is 31.2 Å². The number of hydrogen-bond acceptors (Lipinski definition) is 3. The Morgan fingerprint density at radius 2 is 1.95 bits per heavy atom. The van der Waals surface area contributed by atoms with Crippen molar-refractivity contribution < 1.29 is 4.74 Å². The van der Waals surface area contributed by atoms with Crippen molar-refractivity contribution in [1.82, 2.24) is 0 Å². The van der Waals surface area contributed by atoms with Crippen LogP contribution in [0.5, 0.6) is 5.75 Å². The summed E-state index contributed by atoms with van der Waals surface area (Å²) in [7, 11) is 1.69. The Balaban J connectivity index is 2.05. The van der Waals surface area contributed by atoms with E-state index in [4.69, 9.17) is 4.74 Å². The molecule has 0 heterocycles. The van der Waals surface area contributed by atoms with Crippen LogP contribution >= 0.6 is 11.8 Å². The molecule has 3 heteroatoms. The van der Waals surface area contributed by atoms with Crippen LogP contribution in [0.25, 0.3) is 0 Å². The molecular formula is C16H19NOS. The van der Waals surface area contributed by atoms with Crippen LogP contribution in [0.15, 0.2) is 53.4 Å². The lowest BCUT2D eigenvalue weighted by Crippen LogP contribution is -2.00. The van der Waals surface area contributed by atoms with E-state index in [1.807, 2.05) is 23.9 Å². The Hall–Kier alpha value is -1.61. The van der Waals surface area contributed by atoms with Gasteiger partial charge in [0, 0.05) is 17.1 Å². The van der Waals surface area contributed by atoms with E-state index < -0.39 is 0 Å². The Labute approximate surface area is 119 Å². The Bertz CT molecular complexity index is 528. The molecule has 100 valence electrons. The standard InChI is InChI=1S/C16H19NOS/c1-3-19-16-10-5-4-9-15(16)17-12-13-7-6-8-14(11-13)18-2/h4-11,17H,3,12H2,1-2H3. The lowest BCUT2D eigenvalue weighted by molar-refractivity contribution is 0.414. The smallest absolute Gasteiger partial charge is 0.119 e. The Morgan fingerprint density at radius 1 is 1.11 bits per heavy atom. The van der Waals surface area contributed by atoms with Crippen LogP contribution in [0.4, 0.5) is 5.69 Å². The molecule has 0 spiro atoms. The second-order valence-electron chi connectivity index (χ2n) is 4.13. The molecule has 2 nitrogen and oxygen atoms in total. The van der Waals surface area contributed by atoms with E-state index in [0.717, 1.165) is 18.0 Å². The van der Waals surface area contributed by atoms with E-state index in [-0.39, 0.29) is 0 Å². The lowest BCUT2D eigenvalue weighted by Gasteiger charge is -2.11. The number of anilines is 1. The molecule has 0 atom stereocenters. The van der Waals surface area contributed by atoms with Gasteiger partial charge in [0.2, 0.25) is 0 Å². The van der Waals surface area contributed by atoms with Gasteiger partial charge in [0.15, 0.2) is 0 Å². The summed E-state index contributed by atoms with van der Waals surface area (Å²) in [6.07, 6.45) is 0. The van der Waals surface area contributed by atoms with E-state index in [1.54, 1.807) is 7.11 Å². The van der Waals surface area contributed by atoms with Crippen LogP contribution in [0, 0.1) is 0 Å². The summed E-state index contributed by atoms with van der Waals surface area (Å²) in [5.41, 5.74) is 2.41. The molecule has 2 aromatic rings. The van der Waals surface area contributed by atoms with E-state index in [9.17, 15) is 0 Å². The average molecular weight is 273 g/mol. The van der Waals surface area contributed by atoms with Crippen LogP contribution in [0.3, 0.4) is 0 Å². The molecule has 0 bridgehead atoms. The van der Waals surface area contributed by atoms with Crippen LogP contribution in [-0.2, 0) is 6.54 Å². The first-order valence-electron chi connectivity index (χ1n) is 6.42. The van der Waals surface area contributed by atoms with Crippen LogP contribution in [-0.4, -0.2) is 12.9 Å². The topological polar surface area (TPSA) is 21.3 Å². The normalized spacial score (nSPS) is 10.2. The largest absolute Gasteiger partial charge is 0.497 e. The van der Waals surface area contributed by atoms with Gasteiger partial charge in [-0.25, -0.2) is 0 Å². The van der Waals surface area contributed by atoms with Gasteiger partial charge in [0.05, 0.1) is 7.11 Å². The number of benzene rings is 2. The van der Waals surface area contributed by atoms with Crippen LogP contribution in [0.1, 0.15) is 12.5 Å². The van der Waals surface area contributed by atoms with E-state index in [1.165, 1.54) is 16.1 Å². The average Bonchev–Trinajstić information content (AvgIpc) is 2.47. The number of para-hydroxylation sites is 1. The molecule has 2 rings (SSSR count). The second-order valence-corrected chi connectivity index (χ2v) is 5.44. The van der Waals surface area contributed by atoms with Gasteiger partial charge >= 0.3 is 0 Å². The molecule has 0 aliphatic rings. The Morgan fingerprint density at radius 3 is 2.74 bits per heavy atom. The first-order chi connectivity index (χ1) is 9.33. The summed E-state index contributed by atoms with van der Waals surface area (Å²) in [6.45, 7) is 2.97. The fraction of sp³-hybridized carbons (Fsp3) is 0.250. The number of rotatable bonds is 6. The third-order valence-electron chi connectivity index (χ3n) is 2.80. The molecule has 0 saturated carbocycles. The second kappa shape index (κ2) is 7.10. The van der Waals surface area contributed by atoms with Crippen molar-refractivity contribution in [3.05, 3.63) is 54.1 Å². The number of thioether (sulfide) groups is 1. The third-order valence-corrected chi connectivity index (χ3v) is 3.76. The van der Waals surface area contributed by atoms with E-state index in [0.29, 0.717) is 0 Å². The maximum atomic E-state index is 5.24. The number of methoxy groups -OCH3 is 1. The summed E-state index contributed by atoms with van der Waals surface area (Å²) >= 11 is 1.86. The maximum absolute atomic E-state index is 5.24. The van der Waals surface area contributed by atoms with Crippen molar-refractivity contribution in [3.63, 3.8) is 0 Å². The van der Waals surface area contributed by atoms with Crippen molar-refractivity contribution in [1.29, 1.82) is 0 Å². The highest BCUT2D eigenvalue weighted by Crippen LogP contribution is 2.27. The summed E-state index contributed by atoms with van der Waals surface area (Å²) in [6, 6.07) is 16.6. The zero-order chi connectivity index (χ0) is 13.5. The highest BCUT2D eigenvalue weighted by atomic mass is 32.2. The molecular weight excluding hydrogens is 254 g/mol. The van der Waals surface area contributed by atoms with Crippen molar-refractivity contribution in [2.75, 3.05) is 18.2 Å². The molecule has 0 aliphatic heterocycles. The molecule has 0 amide bonds. The van der Waals surface area contributed by atoms with Gasteiger partial charge in [0.25, 0.3) is 0 Å². The zero-order valence-electron chi connectivity index (χ0n) is 11.3. The molecule has 2 aromatic carbocycles. The fourth-order valence-corrected chi connectivity index (χ4v) is 2.66. The summed E-state index contributed by atoms with van der Waals surface area (Å²) < 4.78 is 5.24. The van der Waals surface area contributed by atoms with Gasteiger partial charge in [-0.3, -0.25) is 0 Å². The Kier molecular flexibility index (Phi) is 5.16. The fourth-order valence-electron chi connectivity index (χ4n) is 1.87. The molecule has 0 unspecified atom stereocenters. The van der Waals surface area contributed by atoms with Gasteiger partial charge in [-0.2, -0.15) is 0 Å². The van der Waals surface area contributed by atoms with E-state index in [2.05, 4.69) is 48.6 Å². The minimum absolute atomic E-state index is 0.804. The first kappa shape index (κ1) is 13.8. The molecule has 0 radical (unpaired) electrons. The number of nitrogens with one attached hydrogen (secondary N) is 1. The summed E-state index contributed by atoms with van der Waals surface area (Å²) in [4.78, 5) is 1.30. The minimum Gasteiger partial charge on any atom is -0.497 e. The third kappa shape index (κ3) is 3.93. The highest BCUT2D eigenvalue weighted by molar-refractivity contribution is 7.99. The lowest BCUT2D eigenvalue weighted by atomic mass is 10.2. The molecule has 1 N–H and O–H groups in total. The van der Waals surface area contributed by atoms with Gasteiger partial charge in [0.1, 0.15) is 5.75 Å². The number of hydrogen-bond donors (Lipinski definition) is 1. The van der Waals surface area contributed by atoms with Crippen LogP contribution in [0.2, 0.25) is 0 Å². The van der Waals surface area contributed by atoms with Crippen molar-refractivity contribution in [3.8, 4) is 5.75 Å². The van der Waals surface area contributed by atoms with Crippen LogP contribution < -0.4 is 10.1 Å². The molecule has 0 aromatic heterocycles. The van der Waals surface area contributed by atoms with E-state index >= 15 is 0 Å². The van der Waals surface area contributed by atoms with Crippen molar-refractivity contribution in [2.45, 2.75) is 18.4 Å². The maximum Gasteiger partial charge on any atom is 0.119 e. The van der Waals surface area contributed by atoms with Crippen molar-refractivity contribution >= 4 is 17.4 Å². The predicted octanol–water partition coefficient (Wildman–Crippen LogP) is 4.42. The van der Waals surface area contributed by atoms with Gasteiger partial charge in [-0.05, 0) is 35.6 Å². The van der Waals surface area contributed by atoms with Crippen molar-refractivity contribution in [2.24, 2.45) is 0 Å². The van der Waals surface area contributed by atoms with Gasteiger partial charge < -0.3 is 10.1 Å². The zero-order valence-corrected chi connectivity index (χ0v) is 12.2. The molecule has 0 saturated heterocycles. The summed E-state index contributed by atoms with van der Waals surface area (Å²) in [5, 5.41) is 3.49. The molecule has 0 aliphatic carbocycles. The molecule has 19 heavy (non-hydrogen) atoms. The van der Waals surface area contributed by atoms with Gasteiger partial charge in [-0.15, -0.1) is 11.8 Å². The monoisotopic (exact) mass is 273 g/mol. The minimum atomic E-state index is 0.804. The predicted molar refractivity (Wildman–Crippen MR) is 83.2 cm³/mol. The summed E-state index contributed by atoms with van der Waals surface area (Å²) in [5.74, 6) is 1.98. The molecule has 0 fully saturated rings. The first-order valence-corrected chi connectivity index (χ1v) is 7.40. The number of ether oxygens (including phenoxy) is 1.